The highest BCUT2D eigenvalue weighted by Gasteiger charge is 2.32. The fourth-order valence-corrected chi connectivity index (χ4v) is 5.83. The molecule has 1 aromatic carbocycles. The van der Waals surface area contributed by atoms with Crippen LogP contribution in [0, 0.1) is 11.8 Å². The second-order valence-electron chi connectivity index (χ2n) is 9.69. The Morgan fingerprint density at radius 2 is 1.92 bits per heavy atom. The molecule has 2 aliphatic heterocycles. The van der Waals surface area contributed by atoms with Crippen LogP contribution in [0.1, 0.15) is 32.6 Å². The molecular weight excluding hydrogens is 544 g/mol. The Labute approximate surface area is 224 Å². The number of rotatable bonds is 5. The Kier molecular flexibility index (Phi) is 7.48. The molecule has 0 spiro atoms. The number of carbonyl (C=O) groups excluding carboxylic acids is 2. The van der Waals surface area contributed by atoms with Gasteiger partial charge in [-0.1, -0.05) is 29.8 Å². The first-order valence-electron chi connectivity index (χ1n) is 12.5. The number of carbonyl (C=O) groups is 2. The maximum atomic E-state index is 13.2. The molecule has 0 bridgehead atoms. The average molecular weight is 574 g/mol. The molecule has 190 valence electrons. The van der Waals surface area contributed by atoms with Crippen LogP contribution in [0.25, 0.3) is 16.9 Å². The fourth-order valence-electron chi connectivity index (χ4n) is 5.25. The van der Waals surface area contributed by atoms with Gasteiger partial charge in [-0.15, -0.1) is 0 Å². The van der Waals surface area contributed by atoms with Crippen LogP contribution in [0.15, 0.2) is 41.0 Å². The number of likely N-dealkylation sites (tertiary alicyclic amines) is 2. The molecule has 36 heavy (non-hydrogen) atoms. The Morgan fingerprint density at radius 1 is 1.14 bits per heavy atom. The highest BCUT2D eigenvalue weighted by molar-refractivity contribution is 9.10. The lowest BCUT2D eigenvalue weighted by Gasteiger charge is -2.37. The van der Waals surface area contributed by atoms with Crippen LogP contribution in [0.2, 0.25) is 5.02 Å². The number of amides is 2. The third kappa shape index (κ3) is 5.22. The molecule has 4 heterocycles. The smallest absolute Gasteiger partial charge is 0.225 e. The molecule has 0 radical (unpaired) electrons. The standard InChI is InChI=1S/C26H30BrClN6O2/c1-17(35)32-11-8-19(9-12-32)26(36)33-10-4-5-18(16-33)14-29-24-13-23(20-6-2-3-7-22(20)28)31-25-21(27)15-30-34(24)25/h2-3,6-7,13,15,18-19,29H,4-5,8-12,14,16H2,1H3. The minimum absolute atomic E-state index is 0.0201. The van der Waals surface area contributed by atoms with E-state index in [1.165, 1.54) is 0 Å². The average Bonchev–Trinajstić information content (AvgIpc) is 3.28. The van der Waals surface area contributed by atoms with E-state index in [0.717, 1.165) is 66.9 Å². The van der Waals surface area contributed by atoms with Gasteiger partial charge in [-0.05, 0) is 53.6 Å². The third-order valence-corrected chi connectivity index (χ3v) is 8.16. The topological polar surface area (TPSA) is 82.8 Å². The fraction of sp³-hybridized carbons (Fsp3) is 0.462. The summed E-state index contributed by atoms with van der Waals surface area (Å²) in [5, 5.41) is 8.70. The molecule has 1 unspecified atom stereocenters. The molecule has 0 saturated carbocycles. The summed E-state index contributed by atoms with van der Waals surface area (Å²) in [5.74, 6) is 1.53. The van der Waals surface area contributed by atoms with Crippen LogP contribution in [-0.2, 0) is 9.59 Å². The Hall–Kier alpha value is -2.65. The molecule has 1 N–H and O–H groups in total. The third-order valence-electron chi connectivity index (χ3n) is 7.27. The summed E-state index contributed by atoms with van der Waals surface area (Å²) >= 11 is 10.0. The number of piperidine rings is 2. The predicted octanol–water partition coefficient (Wildman–Crippen LogP) is 4.72. The van der Waals surface area contributed by atoms with Crippen molar-refractivity contribution in [3.8, 4) is 11.3 Å². The second kappa shape index (κ2) is 10.8. The largest absolute Gasteiger partial charge is 0.370 e. The maximum absolute atomic E-state index is 13.2. The van der Waals surface area contributed by atoms with Gasteiger partial charge in [0, 0.05) is 62.2 Å². The number of nitrogens with one attached hydrogen (secondary N) is 1. The second-order valence-corrected chi connectivity index (χ2v) is 10.9. The number of anilines is 1. The van der Waals surface area contributed by atoms with Crippen molar-refractivity contribution in [3.05, 3.63) is 46.0 Å². The van der Waals surface area contributed by atoms with Crippen molar-refractivity contribution >= 4 is 50.8 Å². The maximum Gasteiger partial charge on any atom is 0.225 e. The van der Waals surface area contributed by atoms with E-state index in [0.29, 0.717) is 29.7 Å². The normalized spacial score (nSPS) is 19.0. The van der Waals surface area contributed by atoms with Gasteiger partial charge in [0.15, 0.2) is 5.65 Å². The lowest BCUT2D eigenvalue weighted by molar-refractivity contribution is -0.141. The zero-order valence-electron chi connectivity index (χ0n) is 20.3. The number of aromatic nitrogens is 3. The van der Waals surface area contributed by atoms with Gasteiger partial charge in [-0.25, -0.2) is 4.98 Å². The van der Waals surface area contributed by atoms with E-state index in [-0.39, 0.29) is 17.7 Å². The molecule has 2 aromatic heterocycles. The van der Waals surface area contributed by atoms with E-state index in [1.807, 2.05) is 40.1 Å². The molecular formula is C26H30BrClN6O2. The Morgan fingerprint density at radius 3 is 2.67 bits per heavy atom. The van der Waals surface area contributed by atoms with Gasteiger partial charge in [-0.3, -0.25) is 9.59 Å². The van der Waals surface area contributed by atoms with Gasteiger partial charge in [0.05, 0.1) is 16.4 Å². The molecule has 0 aliphatic carbocycles. The lowest BCUT2D eigenvalue weighted by atomic mass is 9.92. The summed E-state index contributed by atoms with van der Waals surface area (Å²) in [6.07, 6.45) is 5.31. The SMILES string of the molecule is CC(=O)N1CCC(C(=O)N2CCCC(CNc3cc(-c4ccccc4Cl)nc4c(Br)cnn34)C2)CC1. The first-order chi connectivity index (χ1) is 17.4. The summed E-state index contributed by atoms with van der Waals surface area (Å²) in [5.41, 5.74) is 2.35. The number of fused-ring (bicyclic) bond motifs is 1. The molecule has 2 aliphatic rings. The summed E-state index contributed by atoms with van der Waals surface area (Å²) in [6, 6.07) is 9.64. The minimum atomic E-state index is 0.0201. The summed E-state index contributed by atoms with van der Waals surface area (Å²) < 4.78 is 2.60. The van der Waals surface area contributed by atoms with Crippen molar-refractivity contribution in [2.45, 2.75) is 32.6 Å². The van der Waals surface area contributed by atoms with E-state index < -0.39 is 0 Å². The number of hydrogen-bond donors (Lipinski definition) is 1. The molecule has 5 rings (SSSR count). The quantitative estimate of drug-likeness (QED) is 0.478. The van der Waals surface area contributed by atoms with Crippen LogP contribution in [0.4, 0.5) is 5.82 Å². The van der Waals surface area contributed by atoms with E-state index in [4.69, 9.17) is 16.6 Å². The zero-order chi connectivity index (χ0) is 25.2. The molecule has 2 fully saturated rings. The zero-order valence-corrected chi connectivity index (χ0v) is 22.6. The van der Waals surface area contributed by atoms with Crippen LogP contribution in [-0.4, -0.2) is 68.9 Å². The van der Waals surface area contributed by atoms with E-state index in [1.54, 1.807) is 17.6 Å². The number of hydrogen-bond acceptors (Lipinski definition) is 5. The molecule has 3 aromatic rings. The van der Waals surface area contributed by atoms with Crippen molar-refractivity contribution < 1.29 is 9.59 Å². The number of benzene rings is 1. The van der Waals surface area contributed by atoms with Gasteiger partial charge >= 0.3 is 0 Å². The van der Waals surface area contributed by atoms with E-state index in [9.17, 15) is 9.59 Å². The Bertz CT molecular complexity index is 1270. The highest BCUT2D eigenvalue weighted by atomic mass is 79.9. The van der Waals surface area contributed by atoms with Crippen LogP contribution < -0.4 is 5.32 Å². The molecule has 10 heteroatoms. The number of nitrogens with zero attached hydrogens (tertiary/aromatic N) is 5. The van der Waals surface area contributed by atoms with Crippen molar-refractivity contribution in [1.29, 1.82) is 0 Å². The molecule has 1 atom stereocenters. The van der Waals surface area contributed by atoms with Crippen molar-refractivity contribution in [3.63, 3.8) is 0 Å². The Balaban J connectivity index is 1.27. The van der Waals surface area contributed by atoms with E-state index >= 15 is 0 Å². The minimum Gasteiger partial charge on any atom is -0.370 e. The van der Waals surface area contributed by atoms with Gasteiger partial charge in [-0.2, -0.15) is 9.61 Å². The highest BCUT2D eigenvalue weighted by Crippen LogP contribution is 2.31. The summed E-state index contributed by atoms with van der Waals surface area (Å²) in [6.45, 7) is 5.23. The van der Waals surface area contributed by atoms with Crippen molar-refractivity contribution in [2.75, 3.05) is 38.0 Å². The summed E-state index contributed by atoms with van der Waals surface area (Å²) in [7, 11) is 0. The van der Waals surface area contributed by atoms with Crippen molar-refractivity contribution in [2.24, 2.45) is 11.8 Å². The molecule has 2 amide bonds. The van der Waals surface area contributed by atoms with Crippen molar-refractivity contribution in [1.82, 2.24) is 24.4 Å². The van der Waals surface area contributed by atoms with Gasteiger partial charge < -0.3 is 15.1 Å². The van der Waals surface area contributed by atoms with Crippen LogP contribution in [0.5, 0.6) is 0 Å². The van der Waals surface area contributed by atoms with Gasteiger partial charge in [0.1, 0.15) is 5.82 Å². The number of halogens is 2. The lowest BCUT2D eigenvalue weighted by Crippen LogP contribution is -2.47. The molecule has 8 nitrogen and oxygen atoms in total. The van der Waals surface area contributed by atoms with Gasteiger partial charge in [0.25, 0.3) is 0 Å². The van der Waals surface area contributed by atoms with Crippen LogP contribution >= 0.6 is 27.5 Å². The first kappa shape index (κ1) is 25.0. The van der Waals surface area contributed by atoms with E-state index in [2.05, 4.69) is 26.3 Å². The predicted molar refractivity (Wildman–Crippen MR) is 144 cm³/mol. The molecule has 2 saturated heterocycles. The first-order valence-corrected chi connectivity index (χ1v) is 13.6. The van der Waals surface area contributed by atoms with Crippen LogP contribution in [0.3, 0.4) is 0 Å². The summed E-state index contributed by atoms with van der Waals surface area (Å²) in [4.78, 5) is 33.5. The monoisotopic (exact) mass is 572 g/mol. The van der Waals surface area contributed by atoms with Gasteiger partial charge in [0.2, 0.25) is 11.8 Å².